The van der Waals surface area contributed by atoms with Gasteiger partial charge in [-0.05, 0) is 18.3 Å². The summed E-state index contributed by atoms with van der Waals surface area (Å²) < 4.78 is 4.88. The number of aliphatic imine (C=N–C) groups is 1. The lowest BCUT2D eigenvalue weighted by Crippen LogP contribution is -2.41. The number of nitrogens with zero attached hydrogens (tertiary/aromatic N) is 2. The van der Waals surface area contributed by atoms with Crippen LogP contribution in [0.2, 0.25) is 0 Å². The summed E-state index contributed by atoms with van der Waals surface area (Å²) in [6, 6.07) is 0. The minimum absolute atomic E-state index is 0. The van der Waals surface area contributed by atoms with Crippen LogP contribution in [0.3, 0.4) is 0 Å². The number of methoxy groups -OCH3 is 1. The van der Waals surface area contributed by atoms with Crippen molar-refractivity contribution in [3.63, 3.8) is 0 Å². The summed E-state index contributed by atoms with van der Waals surface area (Å²) in [6.07, 6.45) is 3.66. The number of hydrogen-bond donors (Lipinski definition) is 1. The van der Waals surface area contributed by atoms with Crippen molar-refractivity contribution in [3.05, 3.63) is 0 Å². The van der Waals surface area contributed by atoms with Crippen LogP contribution in [-0.2, 0) is 9.53 Å². The summed E-state index contributed by atoms with van der Waals surface area (Å²) in [5.74, 6) is 1.81. The standard InChI is InChI=1S/C16H31N3O2.HI/c1-12(2)8-6-7-9-18-16(17-4)19-10-13(3)14(11-19)15(20)21-5;/h12-14H,6-11H2,1-5H3,(H,17,18);1H. The van der Waals surface area contributed by atoms with E-state index in [4.69, 9.17) is 4.74 Å². The lowest BCUT2D eigenvalue weighted by Gasteiger charge is -2.21. The number of rotatable bonds is 6. The molecule has 1 rings (SSSR count). The highest BCUT2D eigenvalue weighted by atomic mass is 127. The minimum Gasteiger partial charge on any atom is -0.469 e. The third-order valence-electron chi connectivity index (χ3n) is 4.12. The van der Waals surface area contributed by atoms with Crippen molar-refractivity contribution >= 4 is 35.9 Å². The summed E-state index contributed by atoms with van der Waals surface area (Å²) in [7, 11) is 3.26. The second-order valence-corrected chi connectivity index (χ2v) is 6.38. The zero-order valence-corrected chi connectivity index (χ0v) is 16.9. The van der Waals surface area contributed by atoms with Crippen molar-refractivity contribution in [2.75, 3.05) is 33.8 Å². The molecule has 0 amide bonds. The van der Waals surface area contributed by atoms with Crippen molar-refractivity contribution < 1.29 is 9.53 Å². The van der Waals surface area contributed by atoms with Gasteiger partial charge in [-0.2, -0.15) is 0 Å². The SMILES string of the molecule is CN=C(NCCCCC(C)C)N1CC(C)C(C(=O)OC)C1.I. The number of carbonyl (C=O) groups excluding carboxylic acids is 1. The van der Waals surface area contributed by atoms with Gasteiger partial charge < -0.3 is 15.0 Å². The summed E-state index contributed by atoms with van der Waals surface area (Å²) in [6.45, 7) is 9.09. The Morgan fingerprint density at radius 2 is 2.05 bits per heavy atom. The molecular formula is C16H32IN3O2. The van der Waals surface area contributed by atoms with Crippen LogP contribution in [0.25, 0.3) is 0 Å². The Kier molecular flexibility index (Phi) is 10.8. The van der Waals surface area contributed by atoms with Crippen LogP contribution in [0.4, 0.5) is 0 Å². The van der Waals surface area contributed by atoms with Gasteiger partial charge >= 0.3 is 5.97 Å². The van der Waals surface area contributed by atoms with Crippen molar-refractivity contribution in [2.24, 2.45) is 22.7 Å². The average Bonchev–Trinajstić information content (AvgIpc) is 2.83. The van der Waals surface area contributed by atoms with Gasteiger partial charge in [0.05, 0.1) is 13.0 Å². The van der Waals surface area contributed by atoms with Gasteiger partial charge in [-0.1, -0.05) is 33.6 Å². The van der Waals surface area contributed by atoms with Crippen LogP contribution < -0.4 is 5.32 Å². The highest BCUT2D eigenvalue weighted by Crippen LogP contribution is 2.24. The number of unbranched alkanes of at least 4 members (excludes halogenated alkanes) is 1. The van der Waals surface area contributed by atoms with E-state index in [0.29, 0.717) is 12.5 Å². The number of hydrogen-bond acceptors (Lipinski definition) is 3. The third-order valence-corrected chi connectivity index (χ3v) is 4.12. The Morgan fingerprint density at radius 1 is 1.36 bits per heavy atom. The lowest BCUT2D eigenvalue weighted by atomic mass is 9.99. The first-order valence-electron chi connectivity index (χ1n) is 8.03. The van der Waals surface area contributed by atoms with Crippen molar-refractivity contribution in [2.45, 2.75) is 40.0 Å². The van der Waals surface area contributed by atoms with Crippen molar-refractivity contribution in [3.8, 4) is 0 Å². The molecule has 1 saturated heterocycles. The molecule has 5 nitrogen and oxygen atoms in total. The molecule has 2 unspecified atom stereocenters. The predicted molar refractivity (Wildman–Crippen MR) is 102 cm³/mol. The molecule has 1 fully saturated rings. The number of nitrogens with one attached hydrogen (secondary N) is 1. The van der Waals surface area contributed by atoms with Gasteiger partial charge in [-0.25, -0.2) is 0 Å². The van der Waals surface area contributed by atoms with Gasteiger partial charge in [-0.15, -0.1) is 24.0 Å². The molecule has 0 aromatic carbocycles. The number of guanidine groups is 1. The highest BCUT2D eigenvalue weighted by molar-refractivity contribution is 14.0. The van der Waals surface area contributed by atoms with Crippen LogP contribution in [-0.4, -0.2) is 50.6 Å². The van der Waals surface area contributed by atoms with Gasteiger partial charge in [0.25, 0.3) is 0 Å². The van der Waals surface area contributed by atoms with E-state index in [1.807, 2.05) is 0 Å². The van der Waals surface area contributed by atoms with Crippen molar-refractivity contribution in [1.29, 1.82) is 0 Å². The van der Waals surface area contributed by atoms with Crippen LogP contribution >= 0.6 is 24.0 Å². The first-order valence-corrected chi connectivity index (χ1v) is 8.03. The van der Waals surface area contributed by atoms with Gasteiger partial charge in [0, 0.05) is 26.7 Å². The average molecular weight is 425 g/mol. The maximum atomic E-state index is 11.7. The largest absolute Gasteiger partial charge is 0.469 e. The summed E-state index contributed by atoms with van der Waals surface area (Å²) in [4.78, 5) is 18.2. The summed E-state index contributed by atoms with van der Waals surface area (Å²) in [5, 5.41) is 3.41. The topological polar surface area (TPSA) is 53.9 Å². The molecule has 22 heavy (non-hydrogen) atoms. The molecular weight excluding hydrogens is 393 g/mol. The maximum absolute atomic E-state index is 11.7. The second kappa shape index (κ2) is 11.1. The Morgan fingerprint density at radius 3 is 2.59 bits per heavy atom. The molecule has 1 N–H and O–H groups in total. The zero-order valence-electron chi connectivity index (χ0n) is 14.6. The minimum atomic E-state index is -0.114. The normalized spacial score (nSPS) is 21.7. The maximum Gasteiger partial charge on any atom is 0.310 e. The van der Waals surface area contributed by atoms with Gasteiger partial charge in [-0.3, -0.25) is 9.79 Å². The Balaban J connectivity index is 0.00000441. The molecule has 130 valence electrons. The lowest BCUT2D eigenvalue weighted by molar-refractivity contribution is -0.145. The molecule has 1 aliphatic heterocycles. The summed E-state index contributed by atoms with van der Waals surface area (Å²) in [5.41, 5.74) is 0. The fraction of sp³-hybridized carbons (Fsp3) is 0.875. The van der Waals surface area contributed by atoms with E-state index in [-0.39, 0.29) is 35.9 Å². The van der Waals surface area contributed by atoms with Crippen LogP contribution in [0.5, 0.6) is 0 Å². The number of halogens is 1. The van der Waals surface area contributed by atoms with E-state index < -0.39 is 0 Å². The summed E-state index contributed by atoms with van der Waals surface area (Å²) >= 11 is 0. The number of esters is 1. The predicted octanol–water partition coefficient (Wildman–Crippen LogP) is 2.75. The van der Waals surface area contributed by atoms with Gasteiger partial charge in [0.15, 0.2) is 5.96 Å². The molecule has 1 heterocycles. The molecule has 0 saturated carbocycles. The fourth-order valence-corrected chi connectivity index (χ4v) is 2.81. The number of likely N-dealkylation sites (tertiary alicyclic amines) is 1. The van der Waals surface area contributed by atoms with Gasteiger partial charge in [0.2, 0.25) is 0 Å². The Bertz CT molecular complexity index is 361. The first-order chi connectivity index (χ1) is 9.99. The first kappa shape index (κ1) is 21.5. The number of carbonyl (C=O) groups is 1. The van der Waals surface area contributed by atoms with Crippen LogP contribution in [0.15, 0.2) is 4.99 Å². The van der Waals surface area contributed by atoms with E-state index in [0.717, 1.165) is 31.4 Å². The van der Waals surface area contributed by atoms with E-state index in [9.17, 15) is 4.79 Å². The van der Waals surface area contributed by atoms with E-state index in [2.05, 4.69) is 36.0 Å². The van der Waals surface area contributed by atoms with Gasteiger partial charge in [0.1, 0.15) is 0 Å². The molecule has 0 aromatic rings. The molecule has 0 radical (unpaired) electrons. The van der Waals surface area contributed by atoms with Crippen molar-refractivity contribution in [1.82, 2.24) is 10.2 Å². The third kappa shape index (κ3) is 6.71. The Labute approximate surface area is 152 Å². The zero-order chi connectivity index (χ0) is 15.8. The molecule has 0 aliphatic carbocycles. The van der Waals surface area contributed by atoms with E-state index in [1.54, 1.807) is 7.05 Å². The smallest absolute Gasteiger partial charge is 0.310 e. The second-order valence-electron chi connectivity index (χ2n) is 6.38. The molecule has 0 aromatic heterocycles. The molecule has 1 aliphatic rings. The monoisotopic (exact) mass is 425 g/mol. The van der Waals surface area contributed by atoms with Crippen LogP contribution in [0.1, 0.15) is 40.0 Å². The van der Waals surface area contributed by atoms with E-state index in [1.165, 1.54) is 20.0 Å². The highest BCUT2D eigenvalue weighted by Gasteiger charge is 2.36. The number of ether oxygens (including phenoxy) is 1. The molecule has 6 heteroatoms. The fourth-order valence-electron chi connectivity index (χ4n) is 2.81. The molecule has 2 atom stereocenters. The Hall–Kier alpha value is -0.530. The molecule has 0 spiro atoms. The molecule has 0 bridgehead atoms. The van der Waals surface area contributed by atoms with E-state index >= 15 is 0 Å². The quantitative estimate of drug-likeness (QED) is 0.234. The van der Waals surface area contributed by atoms with Crippen LogP contribution in [0, 0.1) is 17.8 Å².